The van der Waals surface area contributed by atoms with Gasteiger partial charge in [-0.3, -0.25) is 14.2 Å². The van der Waals surface area contributed by atoms with Crippen LogP contribution in [0.2, 0.25) is 0 Å². The Balaban J connectivity index is 1.92. The van der Waals surface area contributed by atoms with Gasteiger partial charge in [0.1, 0.15) is 5.60 Å². The van der Waals surface area contributed by atoms with Gasteiger partial charge in [-0.15, -0.1) is 0 Å². The predicted octanol–water partition coefficient (Wildman–Crippen LogP) is 3.55. The summed E-state index contributed by atoms with van der Waals surface area (Å²) in [6.45, 7) is 5.59. The van der Waals surface area contributed by atoms with Gasteiger partial charge >= 0.3 is 12.3 Å². The molecule has 0 bridgehead atoms. The van der Waals surface area contributed by atoms with E-state index in [0.29, 0.717) is 24.2 Å². The van der Waals surface area contributed by atoms with Gasteiger partial charge in [0, 0.05) is 25.7 Å². The van der Waals surface area contributed by atoms with Crippen LogP contribution in [0.4, 0.5) is 18.0 Å². The molecule has 3 rings (SSSR count). The second-order valence-corrected chi connectivity index (χ2v) is 8.12. The third kappa shape index (κ3) is 4.33. The molecule has 9 heteroatoms. The zero-order valence-electron chi connectivity index (χ0n) is 16.8. The van der Waals surface area contributed by atoms with E-state index < -0.39 is 23.4 Å². The SMILES string of the molecule is Cn1c(=O)c2c(n1Cc1ccccc1C(F)(F)F)CCN(C(=O)OC(C)(C)C)C2. The number of amides is 1. The highest BCUT2D eigenvalue weighted by Crippen LogP contribution is 2.32. The van der Waals surface area contributed by atoms with Crippen LogP contribution in [0.5, 0.6) is 0 Å². The van der Waals surface area contributed by atoms with Crippen LogP contribution in [-0.2, 0) is 37.5 Å². The fourth-order valence-corrected chi connectivity index (χ4v) is 3.49. The highest BCUT2D eigenvalue weighted by molar-refractivity contribution is 5.68. The maximum Gasteiger partial charge on any atom is 0.416 e. The molecule has 0 N–H and O–H groups in total. The van der Waals surface area contributed by atoms with Crippen molar-refractivity contribution < 1.29 is 22.7 Å². The van der Waals surface area contributed by atoms with Gasteiger partial charge in [0.25, 0.3) is 5.56 Å². The quantitative estimate of drug-likeness (QED) is 0.760. The summed E-state index contributed by atoms with van der Waals surface area (Å²) in [5.74, 6) is 0. The zero-order valence-corrected chi connectivity index (χ0v) is 16.8. The van der Waals surface area contributed by atoms with Crippen LogP contribution < -0.4 is 5.56 Å². The largest absolute Gasteiger partial charge is 0.444 e. The minimum atomic E-state index is -4.48. The van der Waals surface area contributed by atoms with E-state index in [-0.39, 0.29) is 24.2 Å². The summed E-state index contributed by atoms with van der Waals surface area (Å²) in [6.07, 6.45) is -4.63. The Labute approximate surface area is 166 Å². The number of hydrogen-bond acceptors (Lipinski definition) is 3. The molecule has 0 saturated heterocycles. The Morgan fingerprint density at radius 2 is 1.83 bits per heavy atom. The van der Waals surface area contributed by atoms with E-state index in [4.69, 9.17) is 4.74 Å². The smallest absolute Gasteiger partial charge is 0.416 e. The summed E-state index contributed by atoms with van der Waals surface area (Å²) in [6, 6.07) is 5.33. The molecule has 1 aliphatic heterocycles. The molecule has 1 aromatic carbocycles. The number of ether oxygens (including phenoxy) is 1. The standard InChI is InChI=1S/C20H24F3N3O3/c1-19(2,3)29-18(28)25-10-9-16-14(12-25)17(27)24(4)26(16)11-13-7-5-6-8-15(13)20(21,22)23/h5-8H,9-12H2,1-4H3. The fraction of sp³-hybridized carbons (Fsp3) is 0.500. The van der Waals surface area contributed by atoms with Crippen LogP contribution in [0.3, 0.4) is 0 Å². The Morgan fingerprint density at radius 3 is 2.45 bits per heavy atom. The molecule has 6 nitrogen and oxygen atoms in total. The van der Waals surface area contributed by atoms with Crippen LogP contribution in [0.15, 0.2) is 29.1 Å². The molecule has 0 radical (unpaired) electrons. The second kappa shape index (κ2) is 7.27. The normalized spacial score (nSPS) is 14.7. The van der Waals surface area contributed by atoms with Gasteiger partial charge in [0.15, 0.2) is 0 Å². The average molecular weight is 411 g/mol. The summed E-state index contributed by atoms with van der Waals surface area (Å²) in [4.78, 5) is 26.5. The van der Waals surface area contributed by atoms with E-state index in [0.717, 1.165) is 6.07 Å². The highest BCUT2D eigenvalue weighted by Gasteiger charge is 2.34. The summed E-state index contributed by atoms with van der Waals surface area (Å²) >= 11 is 0. The molecule has 0 fully saturated rings. The molecule has 1 aromatic heterocycles. The molecule has 2 aromatic rings. The van der Waals surface area contributed by atoms with Crippen molar-refractivity contribution in [1.29, 1.82) is 0 Å². The van der Waals surface area contributed by atoms with Crippen molar-refractivity contribution in [2.75, 3.05) is 6.54 Å². The summed E-state index contributed by atoms with van der Waals surface area (Å²) < 4.78 is 48.3. The molecule has 1 aliphatic rings. The van der Waals surface area contributed by atoms with E-state index in [2.05, 4.69) is 0 Å². The molecular formula is C20H24F3N3O3. The lowest BCUT2D eigenvalue weighted by Gasteiger charge is -2.30. The number of carbonyl (C=O) groups excluding carboxylic acids is 1. The fourth-order valence-electron chi connectivity index (χ4n) is 3.49. The monoisotopic (exact) mass is 411 g/mol. The Hall–Kier alpha value is -2.71. The van der Waals surface area contributed by atoms with Gasteiger partial charge in [-0.1, -0.05) is 18.2 Å². The number of halogens is 3. The van der Waals surface area contributed by atoms with Crippen molar-refractivity contribution in [3.8, 4) is 0 Å². The van der Waals surface area contributed by atoms with Crippen molar-refractivity contribution in [2.45, 2.75) is 52.1 Å². The molecule has 0 spiro atoms. The maximum absolute atomic E-state index is 13.3. The maximum atomic E-state index is 13.3. The lowest BCUT2D eigenvalue weighted by atomic mass is 10.1. The molecule has 0 unspecified atom stereocenters. The van der Waals surface area contributed by atoms with Gasteiger partial charge in [0.05, 0.1) is 24.2 Å². The van der Waals surface area contributed by atoms with Gasteiger partial charge in [0.2, 0.25) is 0 Å². The van der Waals surface area contributed by atoms with Gasteiger partial charge in [-0.25, -0.2) is 4.79 Å². The van der Waals surface area contributed by atoms with E-state index >= 15 is 0 Å². The van der Waals surface area contributed by atoms with Crippen molar-refractivity contribution in [1.82, 2.24) is 14.3 Å². The second-order valence-electron chi connectivity index (χ2n) is 8.12. The molecule has 158 valence electrons. The highest BCUT2D eigenvalue weighted by atomic mass is 19.4. The van der Waals surface area contributed by atoms with E-state index in [9.17, 15) is 22.8 Å². The molecule has 0 aliphatic carbocycles. The van der Waals surface area contributed by atoms with Gasteiger partial charge in [-0.05, 0) is 32.4 Å². The number of carbonyl (C=O) groups is 1. The van der Waals surface area contributed by atoms with Crippen LogP contribution >= 0.6 is 0 Å². The minimum absolute atomic E-state index is 0.0742. The molecule has 0 saturated carbocycles. The van der Waals surface area contributed by atoms with E-state index in [1.54, 1.807) is 31.5 Å². The Kier molecular flexibility index (Phi) is 5.27. The van der Waals surface area contributed by atoms with Crippen LogP contribution in [0.1, 0.15) is 43.2 Å². The third-order valence-corrected chi connectivity index (χ3v) is 4.84. The molecule has 29 heavy (non-hydrogen) atoms. The van der Waals surface area contributed by atoms with Crippen molar-refractivity contribution in [3.05, 3.63) is 57.0 Å². The number of fused-ring (bicyclic) bond motifs is 1. The first-order chi connectivity index (χ1) is 13.4. The molecule has 0 atom stereocenters. The van der Waals surface area contributed by atoms with Crippen LogP contribution in [0.25, 0.3) is 0 Å². The molecule has 1 amide bonds. The Bertz CT molecular complexity index is 984. The first kappa shape index (κ1) is 21.0. The first-order valence-electron chi connectivity index (χ1n) is 9.29. The number of alkyl halides is 3. The third-order valence-electron chi connectivity index (χ3n) is 4.84. The zero-order chi connectivity index (χ0) is 21.6. The number of hydrogen-bond donors (Lipinski definition) is 0. The topological polar surface area (TPSA) is 56.5 Å². The summed E-state index contributed by atoms with van der Waals surface area (Å²) in [7, 11) is 1.52. The number of rotatable bonds is 2. The summed E-state index contributed by atoms with van der Waals surface area (Å²) in [5, 5.41) is 0. The summed E-state index contributed by atoms with van der Waals surface area (Å²) in [5.41, 5.74) is -0.555. The number of nitrogens with zero attached hydrogens (tertiary/aromatic N) is 3. The van der Waals surface area contributed by atoms with Crippen molar-refractivity contribution >= 4 is 6.09 Å². The predicted molar refractivity (Wildman–Crippen MR) is 101 cm³/mol. The van der Waals surface area contributed by atoms with Crippen LogP contribution in [-0.4, -0.2) is 32.5 Å². The van der Waals surface area contributed by atoms with Crippen molar-refractivity contribution in [3.63, 3.8) is 0 Å². The van der Waals surface area contributed by atoms with Gasteiger partial charge in [-0.2, -0.15) is 13.2 Å². The molecule has 2 heterocycles. The molecular weight excluding hydrogens is 387 g/mol. The Morgan fingerprint density at radius 1 is 1.17 bits per heavy atom. The minimum Gasteiger partial charge on any atom is -0.444 e. The lowest BCUT2D eigenvalue weighted by molar-refractivity contribution is -0.138. The number of benzene rings is 1. The van der Waals surface area contributed by atoms with Gasteiger partial charge < -0.3 is 9.64 Å². The number of aromatic nitrogens is 2. The van der Waals surface area contributed by atoms with Crippen molar-refractivity contribution in [2.24, 2.45) is 7.05 Å². The first-order valence-corrected chi connectivity index (χ1v) is 9.29. The average Bonchev–Trinajstić information content (AvgIpc) is 2.84. The lowest BCUT2D eigenvalue weighted by Crippen LogP contribution is -2.41. The van der Waals surface area contributed by atoms with Crippen LogP contribution in [0, 0.1) is 0 Å². The van der Waals surface area contributed by atoms with E-state index in [1.165, 1.54) is 28.8 Å². The van der Waals surface area contributed by atoms with E-state index in [1.807, 2.05) is 0 Å².